The van der Waals surface area contributed by atoms with Gasteiger partial charge in [-0.2, -0.15) is 8.78 Å². The van der Waals surface area contributed by atoms with Crippen LogP contribution in [0.3, 0.4) is 0 Å². The van der Waals surface area contributed by atoms with Crippen LogP contribution in [0.4, 0.5) is 8.78 Å². The molecule has 1 heterocycles. The standard InChI is InChI=1S/C14H15BBrF2O6PS/c1-3-23-25(24-4-2)14(17,18)12-10(16)8-5-7(13(19)20)6-9(15(21)22)11(8)26-12/h5-6,21-22H,3-4H2,1-2H3,(H,19,20). The van der Waals surface area contributed by atoms with Crippen LogP contribution in [-0.4, -0.2) is 41.5 Å². The number of halogens is 3. The van der Waals surface area contributed by atoms with Gasteiger partial charge in [0.1, 0.15) is 0 Å². The number of carboxylic acids is 1. The van der Waals surface area contributed by atoms with E-state index >= 15 is 8.78 Å². The van der Waals surface area contributed by atoms with Crippen molar-refractivity contribution in [2.24, 2.45) is 0 Å². The van der Waals surface area contributed by atoms with Crippen LogP contribution in [0.2, 0.25) is 0 Å². The van der Waals surface area contributed by atoms with Crippen molar-refractivity contribution in [3.63, 3.8) is 0 Å². The number of thiophene rings is 1. The molecule has 0 radical (unpaired) electrons. The van der Waals surface area contributed by atoms with E-state index in [1.807, 2.05) is 0 Å². The minimum absolute atomic E-state index is 0.0283. The SMILES string of the molecule is CCOP(OCC)C(F)(F)c1sc2c(B(O)O)cc(C(=O)O)cc2c1Br. The molecule has 0 amide bonds. The number of rotatable bonds is 8. The van der Waals surface area contributed by atoms with Gasteiger partial charge in [-0.25, -0.2) is 4.79 Å². The highest BCUT2D eigenvalue weighted by Crippen LogP contribution is 2.63. The van der Waals surface area contributed by atoms with Gasteiger partial charge in [0.2, 0.25) is 0 Å². The number of benzene rings is 1. The van der Waals surface area contributed by atoms with Crippen LogP contribution >= 0.6 is 35.6 Å². The van der Waals surface area contributed by atoms with Gasteiger partial charge in [0.15, 0.2) is 0 Å². The summed E-state index contributed by atoms with van der Waals surface area (Å²) in [5.74, 6) is -1.31. The Balaban J connectivity index is 2.70. The quantitative estimate of drug-likeness (QED) is 0.404. The van der Waals surface area contributed by atoms with Crippen molar-refractivity contribution in [1.82, 2.24) is 0 Å². The Morgan fingerprint density at radius 1 is 1.31 bits per heavy atom. The number of fused-ring (bicyclic) bond motifs is 1. The summed E-state index contributed by atoms with van der Waals surface area (Å²) in [6, 6.07) is 2.25. The van der Waals surface area contributed by atoms with Gasteiger partial charge in [-0.3, -0.25) is 0 Å². The first kappa shape index (κ1) is 21.6. The number of carbonyl (C=O) groups is 1. The number of hydrogen-bond acceptors (Lipinski definition) is 6. The molecular formula is C14H15BBrF2O6PS. The predicted octanol–water partition coefficient (Wildman–Crippen LogP) is 3.48. The molecule has 0 unspecified atom stereocenters. The van der Waals surface area contributed by atoms with E-state index in [1.54, 1.807) is 13.8 Å². The van der Waals surface area contributed by atoms with Crippen LogP contribution in [0, 0.1) is 0 Å². The summed E-state index contributed by atoms with van der Waals surface area (Å²) in [4.78, 5) is 10.8. The van der Waals surface area contributed by atoms with Gasteiger partial charge in [0.05, 0.1) is 23.7 Å². The van der Waals surface area contributed by atoms with Crippen LogP contribution in [-0.2, 0) is 14.7 Å². The molecule has 0 aliphatic carbocycles. The molecule has 0 spiro atoms. The molecule has 142 valence electrons. The normalized spacial score (nSPS) is 12.2. The minimum Gasteiger partial charge on any atom is -0.478 e. The molecule has 0 aliphatic heterocycles. The third kappa shape index (κ3) is 4.09. The first-order chi connectivity index (χ1) is 12.1. The molecular weight excluding hydrogens is 456 g/mol. The van der Waals surface area contributed by atoms with Gasteiger partial charge < -0.3 is 24.2 Å². The lowest BCUT2D eigenvalue weighted by molar-refractivity contribution is 0.0600. The van der Waals surface area contributed by atoms with Gasteiger partial charge >= 0.3 is 18.8 Å². The van der Waals surface area contributed by atoms with Gasteiger partial charge in [-0.05, 0) is 41.9 Å². The molecule has 0 atom stereocenters. The van der Waals surface area contributed by atoms with E-state index in [0.29, 0.717) is 11.3 Å². The van der Waals surface area contributed by atoms with Crippen molar-refractivity contribution in [2.75, 3.05) is 13.2 Å². The second-order valence-corrected chi connectivity index (χ2v) is 8.41. The molecule has 2 aromatic rings. The van der Waals surface area contributed by atoms with E-state index in [4.69, 9.17) is 9.05 Å². The third-order valence-electron chi connectivity index (χ3n) is 3.28. The first-order valence-electron chi connectivity index (χ1n) is 7.44. The van der Waals surface area contributed by atoms with Crippen molar-refractivity contribution in [3.05, 3.63) is 27.0 Å². The summed E-state index contributed by atoms with van der Waals surface area (Å²) in [6.45, 7) is 3.22. The number of hydrogen-bond donors (Lipinski definition) is 3. The molecule has 0 saturated carbocycles. The molecule has 0 fully saturated rings. The van der Waals surface area contributed by atoms with Crippen molar-refractivity contribution < 1.29 is 37.8 Å². The van der Waals surface area contributed by atoms with Crippen LogP contribution in [0.1, 0.15) is 29.1 Å². The maximum atomic E-state index is 15.0. The monoisotopic (exact) mass is 470 g/mol. The van der Waals surface area contributed by atoms with Crippen molar-refractivity contribution in [3.8, 4) is 0 Å². The van der Waals surface area contributed by atoms with E-state index in [-0.39, 0.29) is 38.8 Å². The number of alkyl halides is 2. The summed E-state index contributed by atoms with van der Waals surface area (Å²) in [6.07, 6.45) is 0. The average Bonchev–Trinajstić information content (AvgIpc) is 2.91. The molecule has 1 aromatic carbocycles. The van der Waals surface area contributed by atoms with E-state index in [1.165, 1.54) is 6.07 Å². The fourth-order valence-corrected chi connectivity index (χ4v) is 5.90. The largest absolute Gasteiger partial charge is 0.489 e. The fraction of sp³-hybridized carbons (Fsp3) is 0.357. The average molecular weight is 471 g/mol. The summed E-state index contributed by atoms with van der Waals surface area (Å²) in [7, 11) is -4.58. The lowest BCUT2D eigenvalue weighted by Gasteiger charge is -2.24. The summed E-state index contributed by atoms with van der Waals surface area (Å²) in [5.41, 5.74) is -3.89. The van der Waals surface area contributed by atoms with Gasteiger partial charge in [0.25, 0.3) is 8.38 Å². The number of carboxylic acid groups (broad SMARTS) is 1. The fourth-order valence-electron chi connectivity index (χ4n) is 2.22. The summed E-state index contributed by atoms with van der Waals surface area (Å²) in [5, 5.41) is 28.4. The molecule has 12 heteroatoms. The molecule has 26 heavy (non-hydrogen) atoms. The van der Waals surface area contributed by atoms with E-state index in [9.17, 15) is 19.9 Å². The summed E-state index contributed by atoms with van der Waals surface area (Å²) < 4.78 is 40.3. The highest BCUT2D eigenvalue weighted by Gasteiger charge is 2.48. The Labute approximate surface area is 161 Å². The summed E-state index contributed by atoms with van der Waals surface area (Å²) >= 11 is 3.73. The first-order valence-corrected chi connectivity index (χ1v) is 10.2. The predicted molar refractivity (Wildman–Crippen MR) is 100 cm³/mol. The Morgan fingerprint density at radius 2 is 1.88 bits per heavy atom. The maximum absolute atomic E-state index is 15.0. The molecule has 2 rings (SSSR count). The van der Waals surface area contributed by atoms with Crippen molar-refractivity contribution in [1.29, 1.82) is 0 Å². The Kier molecular flexibility index (Phi) is 7.12. The van der Waals surface area contributed by atoms with E-state index < -0.39 is 32.0 Å². The zero-order valence-electron chi connectivity index (χ0n) is 13.7. The molecule has 3 N–H and O–H groups in total. The lowest BCUT2D eigenvalue weighted by atomic mass is 9.79. The van der Waals surface area contributed by atoms with Gasteiger partial charge in [-0.1, -0.05) is 0 Å². The Bertz CT molecular complexity index is 812. The van der Waals surface area contributed by atoms with Crippen LogP contribution < -0.4 is 5.46 Å². The minimum atomic E-state index is -3.48. The van der Waals surface area contributed by atoms with Crippen molar-refractivity contribution >= 4 is 64.3 Å². The molecule has 1 aromatic heterocycles. The van der Waals surface area contributed by atoms with E-state index in [0.717, 1.165) is 6.07 Å². The van der Waals surface area contributed by atoms with E-state index in [2.05, 4.69) is 15.9 Å². The highest BCUT2D eigenvalue weighted by atomic mass is 79.9. The molecule has 0 saturated heterocycles. The second-order valence-electron chi connectivity index (χ2n) is 5.00. The zero-order chi connectivity index (χ0) is 19.6. The lowest BCUT2D eigenvalue weighted by Crippen LogP contribution is -2.30. The molecule has 0 bridgehead atoms. The smallest absolute Gasteiger partial charge is 0.478 e. The van der Waals surface area contributed by atoms with Crippen LogP contribution in [0.15, 0.2) is 16.6 Å². The number of aromatic carboxylic acids is 1. The Morgan fingerprint density at radius 3 is 2.35 bits per heavy atom. The van der Waals surface area contributed by atoms with Crippen LogP contribution in [0.25, 0.3) is 10.1 Å². The third-order valence-corrected chi connectivity index (χ3v) is 7.51. The molecule has 6 nitrogen and oxygen atoms in total. The van der Waals surface area contributed by atoms with Gasteiger partial charge in [0, 0.05) is 20.0 Å². The Hall–Kier alpha value is -0.675. The molecule has 0 aliphatic rings. The topological polar surface area (TPSA) is 96.2 Å². The van der Waals surface area contributed by atoms with Crippen LogP contribution in [0.5, 0.6) is 0 Å². The maximum Gasteiger partial charge on any atom is 0.489 e. The zero-order valence-corrected chi connectivity index (χ0v) is 17.0. The second kappa shape index (κ2) is 8.56. The van der Waals surface area contributed by atoms with Gasteiger partial charge in [-0.15, -0.1) is 11.3 Å². The highest BCUT2D eigenvalue weighted by molar-refractivity contribution is 9.10. The van der Waals surface area contributed by atoms with Crippen molar-refractivity contribution in [2.45, 2.75) is 19.5 Å².